The van der Waals surface area contributed by atoms with E-state index in [2.05, 4.69) is 36.9 Å². The van der Waals surface area contributed by atoms with E-state index in [1.165, 1.54) is 17.5 Å². The Balaban J connectivity index is 1.95. The lowest BCUT2D eigenvalue weighted by Crippen LogP contribution is -2.48. The van der Waals surface area contributed by atoms with E-state index in [1.54, 1.807) is 7.11 Å². The van der Waals surface area contributed by atoms with Crippen molar-refractivity contribution in [3.05, 3.63) is 29.3 Å². The maximum Gasteiger partial charge on any atom is 0.223 e. The molecule has 1 saturated carbocycles. The fourth-order valence-corrected chi connectivity index (χ4v) is 5.51. The molecule has 1 aromatic carbocycles. The van der Waals surface area contributed by atoms with Crippen LogP contribution in [0.3, 0.4) is 0 Å². The van der Waals surface area contributed by atoms with Crippen LogP contribution in [0.1, 0.15) is 44.2 Å². The molecule has 0 bridgehead atoms. The molecule has 118 valence electrons. The zero-order valence-corrected chi connectivity index (χ0v) is 13.8. The second kappa shape index (κ2) is 4.74. The van der Waals surface area contributed by atoms with E-state index in [0.29, 0.717) is 23.7 Å². The molecular formula is C19H25NO2. The Hall–Kier alpha value is -1.51. The summed E-state index contributed by atoms with van der Waals surface area (Å²) in [6.45, 7) is 5.62. The van der Waals surface area contributed by atoms with Crippen LogP contribution >= 0.6 is 0 Å². The fourth-order valence-electron chi connectivity index (χ4n) is 5.51. The van der Waals surface area contributed by atoms with Crippen molar-refractivity contribution in [2.75, 3.05) is 13.7 Å². The molecule has 1 aliphatic carbocycles. The van der Waals surface area contributed by atoms with E-state index in [9.17, 15) is 4.79 Å². The maximum absolute atomic E-state index is 12.7. The average molecular weight is 299 g/mol. The predicted molar refractivity (Wildman–Crippen MR) is 85.8 cm³/mol. The first kappa shape index (κ1) is 14.1. The van der Waals surface area contributed by atoms with Gasteiger partial charge in [0.05, 0.1) is 12.6 Å². The number of rotatable bonds is 1. The van der Waals surface area contributed by atoms with Gasteiger partial charge in [0.25, 0.3) is 0 Å². The van der Waals surface area contributed by atoms with Gasteiger partial charge in [-0.2, -0.15) is 0 Å². The summed E-state index contributed by atoms with van der Waals surface area (Å²) < 4.78 is 5.43. The molecule has 1 amide bonds. The van der Waals surface area contributed by atoms with Crippen molar-refractivity contribution in [2.45, 2.75) is 45.1 Å². The molecule has 2 aliphatic heterocycles. The number of hydrogen-bond donors (Lipinski definition) is 0. The van der Waals surface area contributed by atoms with Crippen LogP contribution in [0.15, 0.2) is 18.2 Å². The van der Waals surface area contributed by atoms with E-state index in [4.69, 9.17) is 4.74 Å². The van der Waals surface area contributed by atoms with E-state index in [1.807, 2.05) is 0 Å². The Morgan fingerprint density at radius 3 is 2.91 bits per heavy atom. The van der Waals surface area contributed by atoms with Crippen LogP contribution in [0.2, 0.25) is 0 Å². The van der Waals surface area contributed by atoms with Gasteiger partial charge in [0.15, 0.2) is 0 Å². The molecular weight excluding hydrogens is 274 g/mol. The highest BCUT2D eigenvalue weighted by Gasteiger charge is 2.62. The molecule has 0 radical (unpaired) electrons. The number of amides is 1. The fraction of sp³-hybridized carbons (Fsp3) is 0.632. The Kier molecular flexibility index (Phi) is 3.04. The second-order valence-electron chi connectivity index (χ2n) is 7.40. The van der Waals surface area contributed by atoms with Gasteiger partial charge in [-0.3, -0.25) is 4.79 Å². The highest BCUT2D eigenvalue weighted by Crippen LogP contribution is 2.60. The number of methoxy groups -OCH3 is 1. The van der Waals surface area contributed by atoms with Crippen LogP contribution in [-0.4, -0.2) is 24.5 Å². The molecule has 3 nitrogen and oxygen atoms in total. The first-order valence-electron chi connectivity index (χ1n) is 8.57. The van der Waals surface area contributed by atoms with E-state index in [-0.39, 0.29) is 5.54 Å². The number of hydrogen-bond acceptors (Lipinski definition) is 2. The maximum atomic E-state index is 12.7. The number of fused-ring (bicyclic) bond motifs is 1. The van der Waals surface area contributed by atoms with Gasteiger partial charge in [-0.05, 0) is 60.3 Å². The van der Waals surface area contributed by atoms with Gasteiger partial charge in [0, 0.05) is 13.0 Å². The lowest BCUT2D eigenvalue weighted by atomic mass is 9.73. The highest BCUT2D eigenvalue weighted by atomic mass is 16.5. The zero-order chi connectivity index (χ0) is 15.5. The SMILES string of the molecule is COc1ccc2c(c1)CCCN1C(=O)CC3CC(C)C(C)C231. The van der Waals surface area contributed by atoms with Gasteiger partial charge in [-0.15, -0.1) is 0 Å². The quantitative estimate of drug-likeness (QED) is 0.796. The normalized spacial score (nSPS) is 36.6. The molecule has 22 heavy (non-hydrogen) atoms. The summed E-state index contributed by atoms with van der Waals surface area (Å²) in [5.74, 6) is 2.98. The Morgan fingerprint density at radius 1 is 1.32 bits per heavy atom. The van der Waals surface area contributed by atoms with E-state index >= 15 is 0 Å². The predicted octanol–water partition coefficient (Wildman–Crippen LogP) is 3.36. The van der Waals surface area contributed by atoms with Crippen molar-refractivity contribution in [1.82, 2.24) is 4.90 Å². The summed E-state index contributed by atoms with van der Waals surface area (Å²) in [5.41, 5.74) is 2.73. The van der Waals surface area contributed by atoms with Crippen molar-refractivity contribution in [1.29, 1.82) is 0 Å². The third-order valence-electron chi connectivity index (χ3n) is 6.57. The smallest absolute Gasteiger partial charge is 0.223 e. The summed E-state index contributed by atoms with van der Waals surface area (Å²) in [6, 6.07) is 6.52. The summed E-state index contributed by atoms with van der Waals surface area (Å²) in [4.78, 5) is 14.9. The minimum absolute atomic E-state index is 0.0609. The minimum Gasteiger partial charge on any atom is -0.497 e. The molecule has 4 unspecified atom stereocenters. The summed E-state index contributed by atoms with van der Waals surface area (Å²) in [7, 11) is 1.73. The first-order valence-corrected chi connectivity index (χ1v) is 8.57. The van der Waals surface area contributed by atoms with Crippen LogP contribution in [0.25, 0.3) is 0 Å². The van der Waals surface area contributed by atoms with Crippen LogP contribution in [0.5, 0.6) is 5.75 Å². The molecule has 2 heterocycles. The van der Waals surface area contributed by atoms with Gasteiger partial charge in [0.1, 0.15) is 5.75 Å². The number of nitrogens with zero attached hydrogens (tertiary/aromatic N) is 1. The molecule has 4 atom stereocenters. The minimum atomic E-state index is -0.0609. The summed E-state index contributed by atoms with van der Waals surface area (Å²) >= 11 is 0. The highest BCUT2D eigenvalue weighted by molar-refractivity contribution is 5.81. The Labute approximate surface area is 132 Å². The molecule has 1 saturated heterocycles. The van der Waals surface area contributed by atoms with Crippen LogP contribution < -0.4 is 4.74 Å². The molecule has 3 heteroatoms. The van der Waals surface area contributed by atoms with E-state index in [0.717, 1.165) is 31.6 Å². The summed E-state index contributed by atoms with van der Waals surface area (Å²) in [5, 5.41) is 0. The number of carbonyl (C=O) groups is 1. The zero-order valence-electron chi connectivity index (χ0n) is 13.8. The van der Waals surface area contributed by atoms with Gasteiger partial charge >= 0.3 is 0 Å². The van der Waals surface area contributed by atoms with Crippen molar-refractivity contribution in [3.63, 3.8) is 0 Å². The Bertz CT molecular complexity index is 626. The standard InChI is InChI=1S/C19H25NO2/c1-12-9-15-11-18(21)20-8-4-5-14-10-16(22-3)6-7-17(14)19(15,20)13(12)2/h6-7,10,12-13,15H,4-5,8-9,11H2,1-3H3. The second-order valence-corrected chi connectivity index (χ2v) is 7.40. The van der Waals surface area contributed by atoms with Crippen molar-refractivity contribution in [3.8, 4) is 5.75 Å². The largest absolute Gasteiger partial charge is 0.497 e. The third kappa shape index (κ3) is 1.60. The molecule has 0 N–H and O–H groups in total. The molecule has 1 aromatic rings. The van der Waals surface area contributed by atoms with Gasteiger partial charge in [-0.1, -0.05) is 19.9 Å². The lowest BCUT2D eigenvalue weighted by molar-refractivity contribution is -0.133. The average Bonchev–Trinajstić information content (AvgIpc) is 2.84. The van der Waals surface area contributed by atoms with Crippen molar-refractivity contribution >= 4 is 5.91 Å². The van der Waals surface area contributed by atoms with Gasteiger partial charge < -0.3 is 9.64 Å². The number of benzene rings is 1. The Morgan fingerprint density at radius 2 is 2.14 bits per heavy atom. The monoisotopic (exact) mass is 299 g/mol. The molecule has 4 rings (SSSR count). The molecule has 3 aliphatic rings. The van der Waals surface area contributed by atoms with Gasteiger partial charge in [0.2, 0.25) is 5.91 Å². The van der Waals surface area contributed by atoms with E-state index < -0.39 is 0 Å². The van der Waals surface area contributed by atoms with Crippen molar-refractivity contribution < 1.29 is 9.53 Å². The van der Waals surface area contributed by atoms with Crippen LogP contribution in [0, 0.1) is 17.8 Å². The van der Waals surface area contributed by atoms with Gasteiger partial charge in [-0.25, -0.2) is 0 Å². The molecule has 2 fully saturated rings. The third-order valence-corrected chi connectivity index (χ3v) is 6.57. The summed E-state index contributed by atoms with van der Waals surface area (Å²) in [6.07, 6.45) is 4.02. The van der Waals surface area contributed by atoms with Crippen LogP contribution in [0.4, 0.5) is 0 Å². The number of carbonyl (C=O) groups excluding carboxylic acids is 1. The molecule has 1 spiro atoms. The first-order chi connectivity index (χ1) is 10.6. The molecule has 0 aromatic heterocycles. The number of ether oxygens (including phenoxy) is 1. The van der Waals surface area contributed by atoms with Crippen LogP contribution in [-0.2, 0) is 16.8 Å². The lowest BCUT2D eigenvalue weighted by Gasteiger charge is -2.43. The van der Waals surface area contributed by atoms with Crippen molar-refractivity contribution in [2.24, 2.45) is 17.8 Å². The topological polar surface area (TPSA) is 29.5 Å². The number of aryl methyl sites for hydroxylation is 1.